The van der Waals surface area contributed by atoms with Crippen LogP contribution in [0.1, 0.15) is 51.4 Å². The second-order valence-corrected chi connectivity index (χ2v) is 9.04. The number of aromatic nitrogens is 4. The summed E-state index contributed by atoms with van der Waals surface area (Å²) in [6.07, 6.45) is 15.0. The molecule has 1 saturated carbocycles. The molecule has 5 rings (SSSR count). The van der Waals surface area contributed by atoms with E-state index >= 15 is 0 Å². The van der Waals surface area contributed by atoms with E-state index < -0.39 is 0 Å². The van der Waals surface area contributed by atoms with E-state index in [1.807, 2.05) is 18.7 Å². The van der Waals surface area contributed by atoms with Crippen molar-refractivity contribution in [2.45, 2.75) is 57.9 Å². The van der Waals surface area contributed by atoms with Crippen LogP contribution in [0.3, 0.4) is 0 Å². The predicted octanol–water partition coefficient (Wildman–Crippen LogP) is 4.64. The molecule has 2 aliphatic rings. The highest BCUT2D eigenvalue weighted by molar-refractivity contribution is 5.82. The lowest BCUT2D eigenvalue weighted by atomic mass is 9.88. The Labute approximate surface area is 177 Å². The van der Waals surface area contributed by atoms with E-state index in [2.05, 4.69) is 42.8 Å². The number of rotatable bonds is 4. The van der Waals surface area contributed by atoms with Gasteiger partial charge in [0.15, 0.2) is 0 Å². The highest BCUT2D eigenvalue weighted by atomic mass is 16.2. The van der Waals surface area contributed by atoms with Crippen LogP contribution in [0.25, 0.3) is 22.2 Å². The summed E-state index contributed by atoms with van der Waals surface area (Å²) in [6, 6.07) is 6.44. The Kier molecular flexibility index (Phi) is 5.56. The van der Waals surface area contributed by atoms with Gasteiger partial charge in [0.1, 0.15) is 0 Å². The summed E-state index contributed by atoms with van der Waals surface area (Å²) >= 11 is 0. The number of nitrogens with zero attached hydrogens (tertiary/aromatic N) is 4. The molecule has 158 valence electrons. The summed E-state index contributed by atoms with van der Waals surface area (Å²) < 4.78 is 2.29. The van der Waals surface area contributed by atoms with Crippen molar-refractivity contribution in [2.75, 3.05) is 13.1 Å². The number of fused-ring (bicyclic) bond motifs is 1. The van der Waals surface area contributed by atoms with Crippen molar-refractivity contribution in [3.05, 3.63) is 36.9 Å². The fraction of sp³-hybridized carbons (Fsp3) is 0.542. The third-order valence-electron chi connectivity index (χ3n) is 7.02. The van der Waals surface area contributed by atoms with Gasteiger partial charge in [0.2, 0.25) is 5.91 Å². The number of hydrogen-bond donors (Lipinski definition) is 1. The van der Waals surface area contributed by atoms with E-state index in [0.717, 1.165) is 62.0 Å². The van der Waals surface area contributed by atoms with Gasteiger partial charge in [-0.05, 0) is 55.7 Å². The van der Waals surface area contributed by atoms with Gasteiger partial charge in [-0.1, -0.05) is 25.3 Å². The Morgan fingerprint density at radius 1 is 1.03 bits per heavy atom. The number of aromatic amines is 1. The molecule has 0 bridgehead atoms. The average Bonchev–Trinajstić information content (AvgIpc) is 3.40. The van der Waals surface area contributed by atoms with E-state index in [1.165, 1.54) is 31.2 Å². The molecule has 1 saturated heterocycles. The fourth-order valence-corrected chi connectivity index (χ4v) is 5.25. The lowest BCUT2D eigenvalue weighted by Crippen LogP contribution is -2.37. The Balaban J connectivity index is 1.24. The van der Waals surface area contributed by atoms with Gasteiger partial charge in [-0.3, -0.25) is 9.89 Å². The van der Waals surface area contributed by atoms with Crippen LogP contribution in [-0.2, 0) is 11.3 Å². The molecule has 0 spiro atoms. The van der Waals surface area contributed by atoms with E-state index in [4.69, 9.17) is 0 Å². The van der Waals surface area contributed by atoms with Crippen LogP contribution in [0.2, 0.25) is 0 Å². The largest absolute Gasteiger partial charge is 0.342 e. The van der Waals surface area contributed by atoms with Crippen molar-refractivity contribution >= 4 is 16.9 Å². The highest BCUT2D eigenvalue weighted by Gasteiger charge is 2.28. The van der Waals surface area contributed by atoms with Gasteiger partial charge in [-0.2, -0.15) is 5.10 Å². The van der Waals surface area contributed by atoms with Crippen LogP contribution in [0.4, 0.5) is 0 Å². The molecule has 1 N–H and O–H groups in total. The predicted molar refractivity (Wildman–Crippen MR) is 118 cm³/mol. The van der Waals surface area contributed by atoms with Crippen LogP contribution in [0.5, 0.6) is 0 Å². The van der Waals surface area contributed by atoms with Gasteiger partial charge in [-0.25, -0.2) is 4.98 Å². The van der Waals surface area contributed by atoms with E-state index in [-0.39, 0.29) is 5.92 Å². The van der Waals surface area contributed by atoms with E-state index in [1.54, 1.807) is 0 Å². The third-order valence-corrected chi connectivity index (χ3v) is 7.02. The first-order valence-electron chi connectivity index (χ1n) is 11.5. The lowest BCUT2D eigenvalue weighted by Gasteiger charge is -2.28. The number of benzene rings is 1. The minimum atomic E-state index is 0.289. The molecule has 1 atom stereocenters. The zero-order chi connectivity index (χ0) is 20.3. The second-order valence-electron chi connectivity index (χ2n) is 9.04. The Morgan fingerprint density at radius 3 is 2.77 bits per heavy atom. The first kappa shape index (κ1) is 19.3. The number of likely N-dealkylation sites (tertiary alicyclic amines) is 1. The molecule has 1 amide bonds. The molecule has 2 aromatic heterocycles. The lowest BCUT2D eigenvalue weighted by molar-refractivity contribution is -0.136. The molecule has 1 aromatic carbocycles. The molecular weight excluding hydrogens is 374 g/mol. The van der Waals surface area contributed by atoms with E-state index in [9.17, 15) is 4.79 Å². The number of H-pyrrole nitrogens is 1. The minimum absolute atomic E-state index is 0.289. The standard InChI is InChI=1S/C24H31N5O/c30-24(19-6-2-1-3-7-19)28-11-4-5-18(10-12-28)16-29-17-25-22-13-20(8-9-23(22)29)21-14-26-27-15-21/h8-9,13-15,17-19H,1-7,10-12,16H2,(H,26,27)/t18-/m0/s1. The summed E-state index contributed by atoms with van der Waals surface area (Å²) in [5.74, 6) is 1.31. The van der Waals surface area contributed by atoms with Gasteiger partial charge in [0.25, 0.3) is 0 Å². The molecule has 2 fully saturated rings. The maximum atomic E-state index is 12.9. The second kappa shape index (κ2) is 8.62. The molecule has 30 heavy (non-hydrogen) atoms. The smallest absolute Gasteiger partial charge is 0.225 e. The molecule has 3 heterocycles. The van der Waals surface area contributed by atoms with Crippen molar-refractivity contribution in [3.8, 4) is 11.1 Å². The fourth-order valence-electron chi connectivity index (χ4n) is 5.25. The van der Waals surface area contributed by atoms with Gasteiger partial charge < -0.3 is 9.47 Å². The number of carbonyl (C=O) groups is 1. The van der Waals surface area contributed by atoms with E-state index in [0.29, 0.717) is 11.8 Å². The first-order chi connectivity index (χ1) is 14.8. The van der Waals surface area contributed by atoms with Crippen molar-refractivity contribution in [1.82, 2.24) is 24.6 Å². The van der Waals surface area contributed by atoms with Gasteiger partial charge in [0.05, 0.1) is 23.6 Å². The van der Waals surface area contributed by atoms with Gasteiger partial charge in [-0.15, -0.1) is 0 Å². The first-order valence-corrected chi connectivity index (χ1v) is 11.5. The molecular formula is C24H31N5O. The van der Waals surface area contributed by atoms with Crippen molar-refractivity contribution in [2.24, 2.45) is 11.8 Å². The van der Waals surface area contributed by atoms with Crippen LogP contribution in [0, 0.1) is 11.8 Å². The topological polar surface area (TPSA) is 66.8 Å². The van der Waals surface area contributed by atoms with Gasteiger partial charge in [0, 0.05) is 37.3 Å². The highest BCUT2D eigenvalue weighted by Crippen LogP contribution is 2.29. The molecule has 0 unspecified atom stereocenters. The normalized spacial score (nSPS) is 21.1. The summed E-state index contributed by atoms with van der Waals surface area (Å²) in [7, 11) is 0. The SMILES string of the molecule is O=C(C1CCCCC1)N1CCC[C@H](Cn2cnc3cc(-c4cn[nH]c4)ccc32)CC1. The quantitative estimate of drug-likeness (QED) is 0.688. The Hall–Kier alpha value is -2.63. The Morgan fingerprint density at radius 2 is 1.93 bits per heavy atom. The van der Waals surface area contributed by atoms with Crippen molar-refractivity contribution in [3.63, 3.8) is 0 Å². The van der Waals surface area contributed by atoms with Crippen LogP contribution in [0.15, 0.2) is 36.9 Å². The molecule has 3 aromatic rings. The number of carbonyl (C=O) groups excluding carboxylic acids is 1. The molecule has 0 radical (unpaired) electrons. The summed E-state index contributed by atoms with van der Waals surface area (Å²) in [4.78, 5) is 19.8. The number of nitrogens with one attached hydrogen (secondary N) is 1. The van der Waals surface area contributed by atoms with Crippen LogP contribution < -0.4 is 0 Å². The maximum absolute atomic E-state index is 12.9. The number of amides is 1. The van der Waals surface area contributed by atoms with Crippen molar-refractivity contribution < 1.29 is 4.79 Å². The monoisotopic (exact) mass is 405 g/mol. The Bertz CT molecular complexity index is 986. The third kappa shape index (κ3) is 4.00. The molecule has 6 nitrogen and oxygen atoms in total. The van der Waals surface area contributed by atoms with Gasteiger partial charge >= 0.3 is 0 Å². The summed E-state index contributed by atoms with van der Waals surface area (Å²) in [6.45, 7) is 2.83. The summed E-state index contributed by atoms with van der Waals surface area (Å²) in [5, 5.41) is 6.91. The minimum Gasteiger partial charge on any atom is -0.342 e. The molecule has 1 aliphatic heterocycles. The maximum Gasteiger partial charge on any atom is 0.225 e. The average molecular weight is 406 g/mol. The summed E-state index contributed by atoms with van der Waals surface area (Å²) in [5.41, 5.74) is 4.42. The zero-order valence-electron chi connectivity index (χ0n) is 17.6. The number of imidazole rings is 1. The van der Waals surface area contributed by atoms with Crippen LogP contribution in [-0.4, -0.2) is 43.6 Å². The van der Waals surface area contributed by atoms with Crippen LogP contribution >= 0.6 is 0 Å². The zero-order valence-corrected chi connectivity index (χ0v) is 17.6. The van der Waals surface area contributed by atoms with Crippen molar-refractivity contribution in [1.29, 1.82) is 0 Å². The molecule has 1 aliphatic carbocycles. The number of hydrogen-bond acceptors (Lipinski definition) is 3. The molecule has 6 heteroatoms.